The molecule has 3 rings (SSSR count). The van der Waals surface area contributed by atoms with E-state index in [0.717, 1.165) is 4.90 Å². The van der Waals surface area contributed by atoms with Gasteiger partial charge < -0.3 is 0 Å². The van der Waals surface area contributed by atoms with E-state index in [0.29, 0.717) is 27.9 Å². The molecule has 0 fully saturated rings. The van der Waals surface area contributed by atoms with Crippen LogP contribution in [0.2, 0.25) is 0 Å². The van der Waals surface area contributed by atoms with Crippen molar-refractivity contribution in [1.82, 2.24) is 0 Å². The first-order valence-corrected chi connectivity index (χ1v) is 6.26. The number of benzene rings is 2. The molecule has 100 valence electrons. The van der Waals surface area contributed by atoms with Gasteiger partial charge in [0, 0.05) is 5.56 Å². The molecule has 0 saturated heterocycles. The molecule has 0 N–H and O–H groups in total. The highest BCUT2D eigenvalue weighted by atomic mass is 19.1. The van der Waals surface area contributed by atoms with Crippen LogP contribution in [0.4, 0.5) is 10.1 Å². The summed E-state index contributed by atoms with van der Waals surface area (Å²) >= 11 is 0. The zero-order chi connectivity index (χ0) is 14.4. The van der Waals surface area contributed by atoms with Gasteiger partial charge in [0.05, 0.1) is 16.8 Å². The molecular weight excluding hydrogens is 257 g/mol. The zero-order valence-electron chi connectivity index (χ0n) is 11.1. The second-order valence-electron chi connectivity index (χ2n) is 4.83. The highest BCUT2D eigenvalue weighted by molar-refractivity contribution is 6.34. The number of carbonyl (C=O) groups is 2. The number of hydrogen-bond acceptors (Lipinski definition) is 2. The van der Waals surface area contributed by atoms with E-state index in [9.17, 15) is 14.0 Å². The summed E-state index contributed by atoms with van der Waals surface area (Å²) in [6, 6.07) is 9.80. The molecule has 0 bridgehead atoms. The van der Waals surface area contributed by atoms with Gasteiger partial charge in [-0.05, 0) is 37.6 Å². The van der Waals surface area contributed by atoms with Gasteiger partial charge in [0.2, 0.25) is 0 Å². The molecule has 0 unspecified atom stereocenters. The number of carbonyl (C=O) groups excluding carboxylic acids is 2. The fourth-order valence-electron chi connectivity index (χ4n) is 2.46. The fraction of sp³-hybridized carbons (Fsp3) is 0.125. The Morgan fingerprint density at radius 3 is 2.00 bits per heavy atom. The summed E-state index contributed by atoms with van der Waals surface area (Å²) < 4.78 is 14.0. The van der Waals surface area contributed by atoms with E-state index in [1.807, 2.05) is 0 Å². The van der Waals surface area contributed by atoms with Gasteiger partial charge in [-0.1, -0.05) is 18.2 Å². The molecule has 0 radical (unpaired) electrons. The fourth-order valence-corrected chi connectivity index (χ4v) is 2.46. The predicted molar refractivity (Wildman–Crippen MR) is 73.5 cm³/mol. The minimum absolute atomic E-state index is 0.305. The summed E-state index contributed by atoms with van der Waals surface area (Å²) in [4.78, 5) is 25.7. The number of rotatable bonds is 1. The van der Waals surface area contributed by atoms with E-state index in [-0.39, 0.29) is 5.82 Å². The molecule has 1 aliphatic rings. The van der Waals surface area contributed by atoms with E-state index in [1.165, 1.54) is 0 Å². The van der Waals surface area contributed by atoms with Crippen LogP contribution in [0.3, 0.4) is 0 Å². The maximum atomic E-state index is 14.0. The Balaban J connectivity index is 2.17. The van der Waals surface area contributed by atoms with E-state index in [1.54, 1.807) is 50.2 Å². The lowest BCUT2D eigenvalue weighted by Crippen LogP contribution is -2.30. The average Bonchev–Trinajstić information content (AvgIpc) is 2.70. The number of imide groups is 1. The van der Waals surface area contributed by atoms with Crippen molar-refractivity contribution in [2.45, 2.75) is 13.8 Å². The van der Waals surface area contributed by atoms with Gasteiger partial charge in [-0.15, -0.1) is 0 Å². The number of anilines is 1. The quantitative estimate of drug-likeness (QED) is 0.745. The molecule has 0 atom stereocenters. The lowest BCUT2D eigenvalue weighted by molar-refractivity contribution is 0.0926. The van der Waals surface area contributed by atoms with Crippen LogP contribution in [-0.2, 0) is 0 Å². The van der Waals surface area contributed by atoms with Gasteiger partial charge in [-0.25, -0.2) is 9.29 Å². The standard InChI is InChI=1S/C16H12FNO2/c1-9-7-8-13(10(2)14(9)17)18-15(19)11-5-3-4-6-12(11)16(18)20/h3-8H,1-2H3. The van der Waals surface area contributed by atoms with Crippen molar-refractivity contribution in [2.75, 3.05) is 4.90 Å². The lowest BCUT2D eigenvalue weighted by atomic mass is 10.1. The van der Waals surface area contributed by atoms with Crippen LogP contribution in [0.25, 0.3) is 0 Å². The third-order valence-electron chi connectivity index (χ3n) is 3.59. The summed E-state index contributed by atoms with van der Waals surface area (Å²) in [5.74, 6) is -1.20. The summed E-state index contributed by atoms with van der Waals surface area (Å²) in [5.41, 5.74) is 1.82. The molecule has 2 aromatic carbocycles. The highest BCUT2D eigenvalue weighted by Gasteiger charge is 2.37. The SMILES string of the molecule is Cc1ccc(N2C(=O)c3ccccc3C2=O)c(C)c1F. The number of nitrogens with zero attached hydrogens (tertiary/aromatic N) is 1. The maximum Gasteiger partial charge on any atom is 0.266 e. The summed E-state index contributed by atoms with van der Waals surface area (Å²) in [5, 5.41) is 0. The molecule has 4 heteroatoms. The minimum Gasteiger partial charge on any atom is -0.268 e. The first-order valence-electron chi connectivity index (χ1n) is 6.26. The summed E-state index contributed by atoms with van der Waals surface area (Å²) in [6.07, 6.45) is 0. The molecule has 2 amide bonds. The highest BCUT2D eigenvalue weighted by Crippen LogP contribution is 2.32. The molecule has 0 aromatic heterocycles. The molecule has 3 nitrogen and oxygen atoms in total. The van der Waals surface area contributed by atoms with Crippen molar-refractivity contribution >= 4 is 17.5 Å². The van der Waals surface area contributed by atoms with Crippen LogP contribution in [0, 0.1) is 19.7 Å². The summed E-state index contributed by atoms with van der Waals surface area (Å²) in [7, 11) is 0. The molecule has 0 saturated carbocycles. The van der Waals surface area contributed by atoms with Crippen LogP contribution in [0.15, 0.2) is 36.4 Å². The van der Waals surface area contributed by atoms with E-state index >= 15 is 0 Å². The van der Waals surface area contributed by atoms with E-state index < -0.39 is 11.8 Å². The van der Waals surface area contributed by atoms with Gasteiger partial charge in [-0.3, -0.25) is 9.59 Å². The van der Waals surface area contributed by atoms with Crippen molar-refractivity contribution in [3.8, 4) is 0 Å². The van der Waals surface area contributed by atoms with Crippen molar-refractivity contribution in [1.29, 1.82) is 0 Å². The first kappa shape index (κ1) is 12.5. The first-order chi connectivity index (χ1) is 9.52. The largest absolute Gasteiger partial charge is 0.268 e. The van der Waals surface area contributed by atoms with Crippen molar-refractivity contribution in [2.24, 2.45) is 0 Å². The number of halogens is 1. The molecular formula is C16H12FNO2. The normalized spacial score (nSPS) is 13.8. The molecule has 0 aliphatic carbocycles. The third-order valence-corrected chi connectivity index (χ3v) is 3.59. The Morgan fingerprint density at radius 2 is 1.45 bits per heavy atom. The van der Waals surface area contributed by atoms with Crippen molar-refractivity contribution < 1.29 is 14.0 Å². The van der Waals surface area contributed by atoms with E-state index in [4.69, 9.17) is 0 Å². The van der Waals surface area contributed by atoms with Gasteiger partial charge >= 0.3 is 0 Å². The topological polar surface area (TPSA) is 37.4 Å². The average molecular weight is 269 g/mol. The number of fused-ring (bicyclic) bond motifs is 1. The van der Waals surface area contributed by atoms with Crippen LogP contribution in [-0.4, -0.2) is 11.8 Å². The van der Waals surface area contributed by atoms with Crippen LogP contribution in [0.5, 0.6) is 0 Å². The van der Waals surface area contributed by atoms with Gasteiger partial charge in [0.25, 0.3) is 11.8 Å². The predicted octanol–water partition coefficient (Wildman–Crippen LogP) is 3.24. The number of hydrogen-bond donors (Lipinski definition) is 0. The van der Waals surface area contributed by atoms with Gasteiger partial charge in [0.1, 0.15) is 5.82 Å². The Morgan fingerprint density at radius 1 is 0.900 bits per heavy atom. The van der Waals surface area contributed by atoms with Crippen molar-refractivity contribution in [3.05, 3.63) is 64.5 Å². The Bertz CT molecular complexity index is 717. The molecule has 1 heterocycles. The smallest absolute Gasteiger partial charge is 0.266 e. The molecule has 0 spiro atoms. The Labute approximate surface area is 115 Å². The summed E-state index contributed by atoms with van der Waals surface area (Å²) in [6.45, 7) is 3.22. The Hall–Kier alpha value is -2.49. The third kappa shape index (κ3) is 1.58. The number of amides is 2. The van der Waals surface area contributed by atoms with Crippen LogP contribution in [0.1, 0.15) is 31.8 Å². The maximum absolute atomic E-state index is 14.0. The number of aryl methyl sites for hydroxylation is 1. The van der Waals surface area contributed by atoms with E-state index in [2.05, 4.69) is 0 Å². The Kier molecular flexibility index (Phi) is 2.67. The minimum atomic E-state index is -0.406. The lowest BCUT2D eigenvalue weighted by Gasteiger charge is -2.17. The zero-order valence-corrected chi connectivity index (χ0v) is 11.1. The molecule has 2 aromatic rings. The van der Waals surface area contributed by atoms with Crippen LogP contribution < -0.4 is 4.90 Å². The monoisotopic (exact) mass is 269 g/mol. The second kappa shape index (κ2) is 4.27. The van der Waals surface area contributed by atoms with Crippen LogP contribution >= 0.6 is 0 Å². The van der Waals surface area contributed by atoms with Crippen molar-refractivity contribution in [3.63, 3.8) is 0 Å². The molecule has 20 heavy (non-hydrogen) atoms. The van der Waals surface area contributed by atoms with Gasteiger partial charge in [-0.2, -0.15) is 0 Å². The van der Waals surface area contributed by atoms with Gasteiger partial charge in [0.15, 0.2) is 0 Å². The second-order valence-corrected chi connectivity index (χ2v) is 4.83. The molecule has 1 aliphatic heterocycles.